The van der Waals surface area contributed by atoms with E-state index >= 15 is 0 Å². The van der Waals surface area contributed by atoms with Crippen LogP contribution in [0, 0.1) is 0 Å². The summed E-state index contributed by atoms with van der Waals surface area (Å²) >= 11 is 0. The minimum absolute atomic E-state index is 0.000948. The number of anilines is 3. The molecule has 1 aliphatic heterocycles. The van der Waals surface area contributed by atoms with Crippen molar-refractivity contribution in [1.82, 2.24) is 5.32 Å². The fraction of sp³-hybridized carbons (Fsp3) is 0.345. The lowest BCUT2D eigenvalue weighted by atomic mass is 10.0. The number of phenolic OH excluding ortho intramolecular Hbond substituents is 1. The summed E-state index contributed by atoms with van der Waals surface area (Å²) in [5, 5.41) is 23.9. The summed E-state index contributed by atoms with van der Waals surface area (Å²) < 4.78 is 57.6. The number of aliphatic hydroxyl groups is 1. The second-order valence-corrected chi connectivity index (χ2v) is 13.9. The second-order valence-electron chi connectivity index (χ2n) is 10.4. The molecule has 3 aromatic rings. The van der Waals surface area contributed by atoms with E-state index in [0.29, 0.717) is 11.3 Å². The van der Waals surface area contributed by atoms with E-state index < -0.39 is 37.9 Å². The summed E-state index contributed by atoms with van der Waals surface area (Å²) in [5.41, 5.74) is 2.51. The highest BCUT2D eigenvalue weighted by Gasteiger charge is 2.22. The molecule has 1 atom stereocenters. The number of hydrogen-bond acceptors (Lipinski definition) is 10. The van der Waals surface area contributed by atoms with Gasteiger partial charge in [0.05, 0.1) is 18.0 Å². The molecule has 232 valence electrons. The van der Waals surface area contributed by atoms with Crippen molar-refractivity contribution >= 4 is 43.1 Å². The van der Waals surface area contributed by atoms with Crippen molar-refractivity contribution in [3.05, 3.63) is 83.9 Å². The zero-order valence-electron chi connectivity index (χ0n) is 23.6. The van der Waals surface area contributed by atoms with E-state index in [4.69, 9.17) is 4.74 Å². The fourth-order valence-corrected chi connectivity index (χ4v) is 6.20. The van der Waals surface area contributed by atoms with E-state index in [1.807, 2.05) is 18.2 Å². The van der Waals surface area contributed by atoms with Gasteiger partial charge in [-0.2, -0.15) is 0 Å². The number of benzene rings is 3. The van der Waals surface area contributed by atoms with Gasteiger partial charge in [0.1, 0.15) is 12.4 Å². The van der Waals surface area contributed by atoms with Crippen molar-refractivity contribution in [2.75, 3.05) is 46.0 Å². The SMILES string of the molecule is CS(=O)(=O)Nc1cc([C@@H](O)CNC2CCN(c3ccc(NS(=O)(=O)CC(=O)OCc4ccccc4)cc3)CC2)ccc1O. The van der Waals surface area contributed by atoms with Gasteiger partial charge in [-0.05, 0) is 60.4 Å². The topological polar surface area (TPSA) is 174 Å². The summed E-state index contributed by atoms with van der Waals surface area (Å²) in [6.07, 6.45) is 1.69. The van der Waals surface area contributed by atoms with E-state index in [1.54, 1.807) is 42.5 Å². The van der Waals surface area contributed by atoms with Gasteiger partial charge in [0.15, 0.2) is 5.75 Å². The number of ether oxygens (including phenoxy) is 1. The monoisotopic (exact) mass is 632 g/mol. The molecule has 0 bridgehead atoms. The van der Waals surface area contributed by atoms with Crippen molar-refractivity contribution < 1.29 is 36.6 Å². The average molecular weight is 633 g/mol. The molecule has 3 aromatic carbocycles. The summed E-state index contributed by atoms with van der Waals surface area (Å²) in [4.78, 5) is 14.2. The average Bonchev–Trinajstić information content (AvgIpc) is 2.96. The molecule has 14 heteroatoms. The van der Waals surface area contributed by atoms with Crippen molar-refractivity contribution in [3.63, 3.8) is 0 Å². The van der Waals surface area contributed by atoms with Crippen LogP contribution in [0.15, 0.2) is 72.8 Å². The van der Waals surface area contributed by atoms with Crippen LogP contribution in [0.25, 0.3) is 0 Å². The first kappa shape index (κ1) is 32.1. The molecule has 0 aromatic heterocycles. The van der Waals surface area contributed by atoms with Gasteiger partial charge in [0.2, 0.25) is 20.0 Å². The number of aromatic hydroxyl groups is 1. The molecule has 1 aliphatic rings. The van der Waals surface area contributed by atoms with Gasteiger partial charge < -0.3 is 25.2 Å². The van der Waals surface area contributed by atoms with Gasteiger partial charge in [-0.1, -0.05) is 36.4 Å². The number of aliphatic hydroxyl groups excluding tert-OH is 1. The Bertz CT molecular complexity index is 1590. The molecule has 0 amide bonds. The van der Waals surface area contributed by atoms with Crippen LogP contribution in [0.2, 0.25) is 0 Å². The van der Waals surface area contributed by atoms with Gasteiger partial charge >= 0.3 is 5.97 Å². The number of rotatable bonds is 13. The van der Waals surface area contributed by atoms with E-state index in [-0.39, 0.29) is 30.6 Å². The Kier molecular flexibility index (Phi) is 10.5. The Labute approximate surface area is 251 Å². The summed E-state index contributed by atoms with van der Waals surface area (Å²) in [7, 11) is -7.52. The van der Waals surface area contributed by atoms with Crippen LogP contribution in [0.4, 0.5) is 17.1 Å². The van der Waals surface area contributed by atoms with Crippen LogP contribution in [0.3, 0.4) is 0 Å². The zero-order chi connectivity index (χ0) is 31.0. The van der Waals surface area contributed by atoms with Crippen LogP contribution in [-0.4, -0.2) is 70.7 Å². The Hall–Kier alpha value is -3.85. The minimum Gasteiger partial charge on any atom is -0.506 e. The summed E-state index contributed by atoms with van der Waals surface area (Å²) in [6.45, 7) is 1.74. The fourth-order valence-electron chi connectivity index (χ4n) is 4.67. The lowest BCUT2D eigenvalue weighted by Gasteiger charge is -2.34. The maximum Gasteiger partial charge on any atom is 0.323 e. The summed E-state index contributed by atoms with van der Waals surface area (Å²) in [6, 6.07) is 20.4. The number of phenols is 1. The molecule has 43 heavy (non-hydrogen) atoms. The van der Waals surface area contributed by atoms with Crippen molar-refractivity contribution in [2.45, 2.75) is 31.6 Å². The number of hydrogen-bond donors (Lipinski definition) is 5. The molecule has 1 heterocycles. The smallest absolute Gasteiger partial charge is 0.323 e. The minimum atomic E-state index is -3.94. The molecule has 0 spiro atoms. The van der Waals surface area contributed by atoms with Crippen LogP contribution < -0.4 is 19.7 Å². The van der Waals surface area contributed by atoms with E-state index in [1.165, 1.54) is 12.1 Å². The first-order chi connectivity index (χ1) is 20.4. The van der Waals surface area contributed by atoms with Crippen LogP contribution in [0.1, 0.15) is 30.1 Å². The highest BCUT2D eigenvalue weighted by molar-refractivity contribution is 7.93. The van der Waals surface area contributed by atoms with E-state index in [9.17, 15) is 31.8 Å². The van der Waals surface area contributed by atoms with Gasteiger partial charge in [-0.25, -0.2) is 16.8 Å². The number of esters is 1. The Morgan fingerprint density at radius 3 is 2.30 bits per heavy atom. The Balaban J connectivity index is 1.21. The number of piperidine rings is 1. The maximum atomic E-state index is 12.4. The summed E-state index contributed by atoms with van der Waals surface area (Å²) in [5.74, 6) is -1.86. The van der Waals surface area contributed by atoms with Gasteiger partial charge in [-0.3, -0.25) is 14.2 Å². The third kappa shape index (κ3) is 10.1. The predicted molar refractivity (Wildman–Crippen MR) is 165 cm³/mol. The highest BCUT2D eigenvalue weighted by Crippen LogP contribution is 2.28. The highest BCUT2D eigenvalue weighted by atomic mass is 32.2. The maximum absolute atomic E-state index is 12.4. The Morgan fingerprint density at radius 1 is 0.977 bits per heavy atom. The lowest BCUT2D eigenvalue weighted by Crippen LogP contribution is -2.43. The largest absolute Gasteiger partial charge is 0.506 e. The molecule has 1 saturated heterocycles. The van der Waals surface area contributed by atoms with E-state index in [0.717, 1.165) is 43.4 Å². The molecule has 0 aliphatic carbocycles. The molecule has 0 unspecified atom stereocenters. The number of nitrogens with one attached hydrogen (secondary N) is 3. The van der Waals surface area contributed by atoms with Gasteiger partial charge in [0, 0.05) is 37.1 Å². The normalized spacial score (nSPS) is 15.1. The zero-order valence-corrected chi connectivity index (χ0v) is 25.3. The quantitative estimate of drug-likeness (QED) is 0.139. The second kappa shape index (κ2) is 14.1. The van der Waals surface area contributed by atoms with Crippen molar-refractivity contribution in [3.8, 4) is 5.75 Å². The molecule has 5 N–H and O–H groups in total. The van der Waals surface area contributed by atoms with E-state index in [2.05, 4.69) is 19.7 Å². The van der Waals surface area contributed by atoms with Crippen molar-refractivity contribution in [1.29, 1.82) is 0 Å². The van der Waals surface area contributed by atoms with Gasteiger partial charge in [0.25, 0.3) is 0 Å². The standard InChI is InChI=1S/C29H36N4O8S2/c1-42(37,38)32-26-17-22(7-12-27(26)34)28(35)18-30-23-13-15-33(16-14-23)25-10-8-24(9-11-25)31-43(39,40)20-29(36)41-19-21-5-3-2-4-6-21/h2-12,17,23,28,30-32,34-35H,13-16,18-20H2,1H3/t28-/m0/s1. The third-order valence-corrected chi connectivity index (χ3v) is 8.61. The molecule has 1 fully saturated rings. The predicted octanol–water partition coefficient (Wildman–Crippen LogP) is 2.54. The number of carbonyl (C=O) groups excluding carboxylic acids is 1. The molecular formula is C29H36N4O8S2. The number of carbonyl (C=O) groups is 1. The number of nitrogens with zero attached hydrogens (tertiary/aromatic N) is 1. The van der Waals surface area contributed by atoms with Crippen LogP contribution in [-0.2, 0) is 36.2 Å². The molecular weight excluding hydrogens is 596 g/mol. The first-order valence-corrected chi connectivity index (χ1v) is 17.2. The van der Waals surface area contributed by atoms with Crippen LogP contribution in [0.5, 0.6) is 5.75 Å². The third-order valence-electron chi connectivity index (χ3n) is 6.85. The molecule has 0 radical (unpaired) electrons. The lowest BCUT2D eigenvalue weighted by molar-refractivity contribution is -0.141. The van der Waals surface area contributed by atoms with Gasteiger partial charge in [-0.15, -0.1) is 0 Å². The molecule has 4 rings (SSSR count). The Morgan fingerprint density at radius 2 is 1.65 bits per heavy atom. The number of sulfonamides is 2. The molecule has 12 nitrogen and oxygen atoms in total. The molecule has 0 saturated carbocycles. The van der Waals surface area contributed by atoms with Crippen LogP contribution >= 0.6 is 0 Å². The first-order valence-electron chi connectivity index (χ1n) is 13.6. The van der Waals surface area contributed by atoms with Crippen molar-refractivity contribution in [2.24, 2.45) is 0 Å².